The molecule has 2 aliphatic rings. The molecule has 1 aromatic rings. The minimum absolute atomic E-state index is 0.0280. The summed E-state index contributed by atoms with van der Waals surface area (Å²) in [7, 11) is 0. The maximum Gasteiger partial charge on any atom is 0.325 e. The Labute approximate surface area is 139 Å². The van der Waals surface area contributed by atoms with Crippen molar-refractivity contribution in [1.82, 2.24) is 10.2 Å². The zero-order valence-corrected chi connectivity index (χ0v) is 13.4. The minimum Gasteiger partial charge on any atom is -0.391 e. The number of urea groups is 1. The largest absolute Gasteiger partial charge is 0.391 e. The first-order valence-electron chi connectivity index (χ1n) is 7.64. The molecule has 2 fully saturated rings. The number of hydrogen-bond donors (Lipinski definition) is 2. The predicted octanol–water partition coefficient (Wildman–Crippen LogP) is 1.34. The van der Waals surface area contributed by atoms with Crippen molar-refractivity contribution in [1.29, 1.82) is 0 Å². The van der Waals surface area contributed by atoms with E-state index in [2.05, 4.69) is 5.32 Å². The lowest BCUT2D eigenvalue weighted by atomic mass is 9.90. The fraction of sp³-hybridized carbons (Fsp3) is 0.500. The van der Waals surface area contributed by atoms with Gasteiger partial charge in [-0.15, -0.1) is 0 Å². The molecule has 0 bridgehead atoms. The van der Waals surface area contributed by atoms with Gasteiger partial charge in [-0.05, 0) is 17.7 Å². The van der Waals surface area contributed by atoms with Gasteiger partial charge in [-0.1, -0.05) is 23.7 Å². The smallest absolute Gasteiger partial charge is 0.325 e. The van der Waals surface area contributed by atoms with Gasteiger partial charge < -0.3 is 15.2 Å². The van der Waals surface area contributed by atoms with Gasteiger partial charge in [0.15, 0.2) is 0 Å². The van der Waals surface area contributed by atoms with E-state index in [1.807, 2.05) is 6.07 Å². The molecule has 23 heavy (non-hydrogen) atoms. The van der Waals surface area contributed by atoms with Crippen LogP contribution in [0.5, 0.6) is 0 Å². The van der Waals surface area contributed by atoms with Crippen LogP contribution in [0.2, 0.25) is 5.02 Å². The van der Waals surface area contributed by atoms with Crippen LogP contribution in [0.3, 0.4) is 0 Å². The van der Waals surface area contributed by atoms with Crippen LogP contribution < -0.4 is 5.32 Å². The van der Waals surface area contributed by atoms with Crippen molar-refractivity contribution in [3.8, 4) is 0 Å². The van der Waals surface area contributed by atoms with Crippen LogP contribution >= 0.6 is 11.6 Å². The number of carbonyl (C=O) groups excluding carboxylic acids is 2. The van der Waals surface area contributed by atoms with E-state index in [-0.39, 0.29) is 12.5 Å². The second-order valence-corrected chi connectivity index (χ2v) is 6.46. The summed E-state index contributed by atoms with van der Waals surface area (Å²) in [4.78, 5) is 25.8. The summed E-state index contributed by atoms with van der Waals surface area (Å²) in [5, 5.41) is 13.6. The highest BCUT2D eigenvalue weighted by atomic mass is 35.5. The van der Waals surface area contributed by atoms with Gasteiger partial charge in [0.2, 0.25) is 0 Å². The Kier molecular flexibility index (Phi) is 4.57. The summed E-state index contributed by atoms with van der Waals surface area (Å²) in [5.74, 6) is -0.268. The molecule has 7 heteroatoms. The molecule has 2 N–H and O–H groups in total. The molecule has 2 saturated heterocycles. The molecule has 2 aliphatic heterocycles. The second-order valence-electron chi connectivity index (χ2n) is 6.03. The Morgan fingerprint density at radius 3 is 2.78 bits per heavy atom. The van der Waals surface area contributed by atoms with Crippen LogP contribution in [0.25, 0.3) is 0 Å². The number of benzene rings is 1. The standard InChI is InChI=1S/C16H19ClN2O4/c17-12-3-1-2-11(8-12)9-13(20)10-19-14(21)16(18-15(19)22)4-6-23-7-5-16/h1-3,8,13,20H,4-7,9-10H2,(H,18,22). The normalized spacial score (nSPS) is 21.6. The molecule has 1 atom stereocenters. The molecule has 0 radical (unpaired) electrons. The summed E-state index contributed by atoms with van der Waals surface area (Å²) in [6, 6.07) is 6.72. The molecule has 1 unspecified atom stereocenters. The Hall–Kier alpha value is -1.63. The van der Waals surface area contributed by atoms with Crippen molar-refractivity contribution >= 4 is 23.5 Å². The van der Waals surface area contributed by atoms with E-state index >= 15 is 0 Å². The van der Waals surface area contributed by atoms with Gasteiger partial charge in [0, 0.05) is 37.5 Å². The van der Waals surface area contributed by atoms with Gasteiger partial charge in [0.25, 0.3) is 5.91 Å². The average Bonchev–Trinajstić information content (AvgIpc) is 2.72. The van der Waals surface area contributed by atoms with Crippen LogP contribution in [0.1, 0.15) is 18.4 Å². The summed E-state index contributed by atoms with van der Waals surface area (Å²) in [6.45, 7) is 0.871. The number of aliphatic hydroxyl groups excluding tert-OH is 1. The Morgan fingerprint density at radius 1 is 1.35 bits per heavy atom. The van der Waals surface area contributed by atoms with E-state index < -0.39 is 17.7 Å². The summed E-state index contributed by atoms with van der Waals surface area (Å²) < 4.78 is 5.26. The highest BCUT2D eigenvalue weighted by Crippen LogP contribution is 2.28. The molecule has 0 aromatic heterocycles. The highest BCUT2D eigenvalue weighted by Gasteiger charge is 2.51. The number of halogens is 1. The van der Waals surface area contributed by atoms with E-state index in [0.717, 1.165) is 10.5 Å². The lowest BCUT2D eigenvalue weighted by Gasteiger charge is -2.30. The minimum atomic E-state index is -0.856. The van der Waals surface area contributed by atoms with Crippen molar-refractivity contribution in [2.75, 3.05) is 19.8 Å². The second kappa shape index (κ2) is 6.47. The maximum atomic E-state index is 12.6. The first kappa shape index (κ1) is 16.2. The molecule has 0 aliphatic carbocycles. The van der Waals surface area contributed by atoms with Crippen LogP contribution in [0, 0.1) is 0 Å². The molecular formula is C16H19ClN2O4. The zero-order chi connectivity index (χ0) is 16.4. The zero-order valence-electron chi connectivity index (χ0n) is 12.6. The van der Waals surface area contributed by atoms with E-state index in [1.165, 1.54) is 0 Å². The van der Waals surface area contributed by atoms with Gasteiger partial charge in [-0.2, -0.15) is 0 Å². The van der Waals surface area contributed by atoms with Crippen LogP contribution in [-0.4, -0.2) is 53.3 Å². The number of rotatable bonds is 4. The van der Waals surface area contributed by atoms with Crippen molar-refractivity contribution in [3.63, 3.8) is 0 Å². The van der Waals surface area contributed by atoms with Crippen molar-refractivity contribution in [3.05, 3.63) is 34.9 Å². The van der Waals surface area contributed by atoms with Crippen molar-refractivity contribution in [2.24, 2.45) is 0 Å². The number of nitrogens with one attached hydrogen (secondary N) is 1. The van der Waals surface area contributed by atoms with Crippen LogP contribution in [0.4, 0.5) is 4.79 Å². The third-order valence-corrected chi connectivity index (χ3v) is 4.58. The van der Waals surface area contributed by atoms with Crippen LogP contribution in [0.15, 0.2) is 24.3 Å². The Balaban J connectivity index is 1.65. The third-order valence-electron chi connectivity index (χ3n) is 4.35. The highest BCUT2D eigenvalue weighted by molar-refractivity contribution is 6.30. The molecule has 2 heterocycles. The molecular weight excluding hydrogens is 320 g/mol. The molecule has 0 saturated carbocycles. The lowest BCUT2D eigenvalue weighted by Crippen LogP contribution is -2.51. The summed E-state index contributed by atoms with van der Waals surface area (Å²) >= 11 is 5.92. The number of carbonyl (C=O) groups is 2. The fourth-order valence-electron chi connectivity index (χ4n) is 3.11. The number of hydrogen-bond acceptors (Lipinski definition) is 4. The number of nitrogens with zero attached hydrogens (tertiary/aromatic N) is 1. The Morgan fingerprint density at radius 2 is 2.09 bits per heavy atom. The van der Waals surface area contributed by atoms with Gasteiger partial charge in [0.1, 0.15) is 5.54 Å². The third kappa shape index (κ3) is 3.34. The fourth-order valence-corrected chi connectivity index (χ4v) is 3.32. The number of amides is 3. The van der Waals surface area contributed by atoms with Gasteiger partial charge >= 0.3 is 6.03 Å². The van der Waals surface area contributed by atoms with E-state index in [0.29, 0.717) is 37.5 Å². The molecule has 124 valence electrons. The average molecular weight is 339 g/mol. The molecule has 6 nitrogen and oxygen atoms in total. The monoisotopic (exact) mass is 338 g/mol. The maximum absolute atomic E-state index is 12.6. The Bertz CT molecular complexity index is 616. The first-order valence-corrected chi connectivity index (χ1v) is 8.02. The summed E-state index contributed by atoms with van der Waals surface area (Å²) in [6.07, 6.45) is 0.433. The molecule has 1 aromatic carbocycles. The molecule has 3 amide bonds. The lowest BCUT2D eigenvalue weighted by molar-refractivity contribution is -0.135. The quantitative estimate of drug-likeness (QED) is 0.812. The molecule has 1 spiro atoms. The van der Waals surface area contributed by atoms with Gasteiger partial charge in [-0.3, -0.25) is 9.69 Å². The first-order chi connectivity index (χ1) is 11.0. The van der Waals surface area contributed by atoms with E-state index in [9.17, 15) is 14.7 Å². The number of ether oxygens (including phenoxy) is 1. The van der Waals surface area contributed by atoms with Gasteiger partial charge in [-0.25, -0.2) is 4.79 Å². The van der Waals surface area contributed by atoms with Crippen molar-refractivity contribution < 1.29 is 19.4 Å². The van der Waals surface area contributed by atoms with Crippen LogP contribution in [-0.2, 0) is 16.0 Å². The van der Waals surface area contributed by atoms with Crippen molar-refractivity contribution in [2.45, 2.75) is 30.9 Å². The number of aliphatic hydroxyl groups is 1. The summed E-state index contributed by atoms with van der Waals surface area (Å²) in [5.41, 5.74) is 0.00306. The molecule has 3 rings (SSSR count). The van der Waals surface area contributed by atoms with E-state index in [4.69, 9.17) is 16.3 Å². The topological polar surface area (TPSA) is 78.9 Å². The number of β-amino-alcohol motifs (C(OH)–C–C–N with tert-alkyl or cyclic N) is 1. The van der Waals surface area contributed by atoms with E-state index in [1.54, 1.807) is 18.2 Å². The SMILES string of the molecule is O=C1NC2(CCOCC2)C(=O)N1CC(O)Cc1cccc(Cl)c1. The predicted molar refractivity (Wildman–Crippen MR) is 84.2 cm³/mol. The van der Waals surface area contributed by atoms with Gasteiger partial charge in [0.05, 0.1) is 12.6 Å². The number of imide groups is 1.